The number of imidazole rings is 1. The zero-order chi connectivity index (χ0) is 14.0. The van der Waals surface area contributed by atoms with E-state index in [0.717, 1.165) is 12.0 Å². The van der Waals surface area contributed by atoms with Crippen LogP contribution in [-0.2, 0) is 0 Å². The Morgan fingerprint density at radius 1 is 1.42 bits per heavy atom. The second-order valence-electron chi connectivity index (χ2n) is 4.58. The van der Waals surface area contributed by atoms with Gasteiger partial charge in [0.15, 0.2) is 11.6 Å². The average Bonchev–Trinajstić information content (AvgIpc) is 2.80. The highest BCUT2D eigenvalue weighted by Crippen LogP contribution is 2.26. The molecule has 0 aliphatic rings. The number of aromatic nitrogens is 2. The van der Waals surface area contributed by atoms with Gasteiger partial charge in [0.1, 0.15) is 5.69 Å². The standard InChI is InChI=1S/C14H17N3O2/c1-3-8(2)9-4-6-10(7-5-9)11-12(13(18)19)17-14(15)16-11/h4-8H,3H2,1-2H3,(H,18,19)(H3,15,16,17). The van der Waals surface area contributed by atoms with E-state index in [1.807, 2.05) is 24.3 Å². The number of carboxylic acids is 1. The van der Waals surface area contributed by atoms with Crippen molar-refractivity contribution in [2.75, 3.05) is 5.73 Å². The predicted octanol–water partition coefficient (Wildman–Crippen LogP) is 2.87. The topological polar surface area (TPSA) is 92.0 Å². The van der Waals surface area contributed by atoms with Crippen LogP contribution in [0.15, 0.2) is 24.3 Å². The van der Waals surface area contributed by atoms with Gasteiger partial charge in [-0.15, -0.1) is 0 Å². The molecular weight excluding hydrogens is 242 g/mol. The molecule has 0 radical (unpaired) electrons. The van der Waals surface area contributed by atoms with Crippen molar-refractivity contribution in [3.63, 3.8) is 0 Å². The molecule has 2 rings (SSSR count). The Bertz CT molecular complexity index is 587. The van der Waals surface area contributed by atoms with E-state index in [1.54, 1.807) is 0 Å². The zero-order valence-corrected chi connectivity index (χ0v) is 11.0. The van der Waals surface area contributed by atoms with Gasteiger partial charge in [-0.2, -0.15) is 0 Å². The van der Waals surface area contributed by atoms with Crippen molar-refractivity contribution >= 4 is 11.9 Å². The molecule has 1 aromatic carbocycles. The molecule has 1 heterocycles. The summed E-state index contributed by atoms with van der Waals surface area (Å²) in [6.07, 6.45) is 1.06. The van der Waals surface area contributed by atoms with Gasteiger partial charge < -0.3 is 15.8 Å². The van der Waals surface area contributed by atoms with Gasteiger partial charge in [0.2, 0.25) is 0 Å². The van der Waals surface area contributed by atoms with Crippen LogP contribution in [0.4, 0.5) is 5.95 Å². The quantitative estimate of drug-likeness (QED) is 0.787. The van der Waals surface area contributed by atoms with Gasteiger partial charge in [0.25, 0.3) is 0 Å². The van der Waals surface area contributed by atoms with Crippen molar-refractivity contribution < 1.29 is 9.90 Å². The number of carboxylic acid groups (broad SMARTS) is 1. The summed E-state index contributed by atoms with van der Waals surface area (Å²) in [5.74, 6) is -0.471. The van der Waals surface area contributed by atoms with Crippen molar-refractivity contribution in [1.82, 2.24) is 9.97 Å². The maximum absolute atomic E-state index is 11.1. The molecule has 1 unspecified atom stereocenters. The lowest BCUT2D eigenvalue weighted by atomic mass is 9.97. The lowest BCUT2D eigenvalue weighted by Crippen LogP contribution is -1.99. The normalized spacial score (nSPS) is 12.3. The monoisotopic (exact) mass is 259 g/mol. The van der Waals surface area contributed by atoms with Gasteiger partial charge in [0.05, 0.1) is 0 Å². The van der Waals surface area contributed by atoms with Gasteiger partial charge >= 0.3 is 5.97 Å². The predicted molar refractivity (Wildman–Crippen MR) is 74.1 cm³/mol. The first-order chi connectivity index (χ1) is 9.02. The number of nitrogens with one attached hydrogen (secondary N) is 1. The van der Waals surface area contributed by atoms with Crippen LogP contribution in [0, 0.1) is 0 Å². The number of benzene rings is 1. The first-order valence-corrected chi connectivity index (χ1v) is 6.22. The molecule has 0 aliphatic carbocycles. The molecular formula is C14H17N3O2. The van der Waals surface area contributed by atoms with Crippen LogP contribution in [0.3, 0.4) is 0 Å². The van der Waals surface area contributed by atoms with Gasteiger partial charge in [-0.25, -0.2) is 9.78 Å². The molecule has 0 amide bonds. The third kappa shape index (κ3) is 2.59. The molecule has 0 saturated heterocycles. The molecule has 1 atom stereocenters. The number of nitrogen functional groups attached to an aromatic ring is 1. The smallest absolute Gasteiger partial charge is 0.354 e. The summed E-state index contributed by atoms with van der Waals surface area (Å²) in [7, 11) is 0. The zero-order valence-electron chi connectivity index (χ0n) is 11.0. The molecule has 2 aromatic rings. The Morgan fingerprint density at radius 2 is 2.05 bits per heavy atom. The van der Waals surface area contributed by atoms with Crippen molar-refractivity contribution in [3.8, 4) is 11.3 Å². The number of nitrogens with two attached hydrogens (primary N) is 1. The van der Waals surface area contributed by atoms with E-state index in [-0.39, 0.29) is 11.6 Å². The minimum absolute atomic E-state index is 0.0220. The number of H-pyrrole nitrogens is 1. The number of rotatable bonds is 4. The molecule has 0 aliphatic heterocycles. The Hall–Kier alpha value is -2.30. The fourth-order valence-corrected chi connectivity index (χ4v) is 1.96. The fourth-order valence-electron chi connectivity index (χ4n) is 1.96. The van der Waals surface area contributed by atoms with E-state index in [2.05, 4.69) is 23.8 Å². The Kier molecular flexibility index (Phi) is 3.55. The molecule has 1 aromatic heterocycles. The van der Waals surface area contributed by atoms with Crippen molar-refractivity contribution in [2.24, 2.45) is 0 Å². The summed E-state index contributed by atoms with van der Waals surface area (Å²) in [5, 5.41) is 9.09. The van der Waals surface area contributed by atoms with E-state index in [0.29, 0.717) is 11.6 Å². The van der Waals surface area contributed by atoms with E-state index < -0.39 is 5.97 Å². The first-order valence-electron chi connectivity index (χ1n) is 6.22. The van der Waals surface area contributed by atoms with Crippen LogP contribution < -0.4 is 5.73 Å². The number of hydrogen-bond acceptors (Lipinski definition) is 3. The van der Waals surface area contributed by atoms with E-state index in [4.69, 9.17) is 10.8 Å². The minimum atomic E-state index is -1.06. The number of anilines is 1. The van der Waals surface area contributed by atoms with E-state index in [1.165, 1.54) is 5.56 Å². The molecule has 19 heavy (non-hydrogen) atoms. The summed E-state index contributed by atoms with van der Waals surface area (Å²) in [6.45, 7) is 4.29. The summed E-state index contributed by atoms with van der Waals surface area (Å²) < 4.78 is 0. The highest BCUT2D eigenvalue weighted by molar-refractivity contribution is 5.93. The Labute approximate surface area is 111 Å². The minimum Gasteiger partial charge on any atom is -0.477 e. The van der Waals surface area contributed by atoms with Gasteiger partial charge in [-0.05, 0) is 17.9 Å². The van der Waals surface area contributed by atoms with E-state index >= 15 is 0 Å². The molecule has 0 bridgehead atoms. The van der Waals surface area contributed by atoms with Crippen LogP contribution in [0.1, 0.15) is 42.2 Å². The average molecular weight is 259 g/mol. The molecule has 0 spiro atoms. The van der Waals surface area contributed by atoms with Crippen molar-refractivity contribution in [2.45, 2.75) is 26.2 Å². The number of nitrogens with zero attached hydrogens (tertiary/aromatic N) is 1. The van der Waals surface area contributed by atoms with Gasteiger partial charge in [-0.1, -0.05) is 38.1 Å². The number of carbonyl (C=O) groups is 1. The van der Waals surface area contributed by atoms with E-state index in [9.17, 15) is 4.79 Å². The SMILES string of the molecule is CCC(C)c1ccc(-c2nc(N)[nH]c2C(=O)O)cc1. The van der Waals surface area contributed by atoms with Crippen LogP contribution in [0.25, 0.3) is 11.3 Å². The third-order valence-electron chi connectivity index (χ3n) is 3.30. The van der Waals surface area contributed by atoms with Crippen LogP contribution in [-0.4, -0.2) is 21.0 Å². The highest BCUT2D eigenvalue weighted by Gasteiger charge is 2.17. The lowest BCUT2D eigenvalue weighted by molar-refractivity contribution is 0.0692. The largest absolute Gasteiger partial charge is 0.477 e. The molecule has 0 fully saturated rings. The third-order valence-corrected chi connectivity index (χ3v) is 3.30. The summed E-state index contributed by atoms with van der Waals surface area (Å²) in [6, 6.07) is 7.76. The van der Waals surface area contributed by atoms with Crippen LogP contribution in [0.2, 0.25) is 0 Å². The fraction of sp³-hybridized carbons (Fsp3) is 0.286. The molecule has 4 N–H and O–H groups in total. The number of hydrogen-bond donors (Lipinski definition) is 3. The van der Waals surface area contributed by atoms with Crippen LogP contribution in [0.5, 0.6) is 0 Å². The number of aromatic carboxylic acids is 1. The Balaban J connectivity index is 2.40. The van der Waals surface area contributed by atoms with Crippen molar-refractivity contribution in [1.29, 1.82) is 0 Å². The second-order valence-corrected chi connectivity index (χ2v) is 4.58. The second kappa shape index (κ2) is 5.14. The lowest BCUT2D eigenvalue weighted by Gasteiger charge is -2.09. The Morgan fingerprint density at radius 3 is 2.58 bits per heavy atom. The molecule has 0 saturated carbocycles. The molecule has 5 heteroatoms. The van der Waals surface area contributed by atoms with Gasteiger partial charge in [-0.3, -0.25) is 0 Å². The summed E-state index contributed by atoms with van der Waals surface area (Å²) >= 11 is 0. The van der Waals surface area contributed by atoms with Crippen molar-refractivity contribution in [3.05, 3.63) is 35.5 Å². The van der Waals surface area contributed by atoms with Gasteiger partial charge in [0, 0.05) is 5.56 Å². The highest BCUT2D eigenvalue weighted by atomic mass is 16.4. The summed E-state index contributed by atoms with van der Waals surface area (Å²) in [4.78, 5) is 17.7. The maximum atomic E-state index is 11.1. The van der Waals surface area contributed by atoms with Crippen LogP contribution >= 0.6 is 0 Å². The molecule has 5 nitrogen and oxygen atoms in total. The first kappa shape index (κ1) is 13.1. The maximum Gasteiger partial charge on any atom is 0.354 e. The summed E-state index contributed by atoms with van der Waals surface area (Å²) in [5.41, 5.74) is 7.90. The number of aromatic amines is 1. The molecule has 100 valence electrons.